The van der Waals surface area contributed by atoms with Gasteiger partial charge < -0.3 is 37.0 Å². The molecule has 0 aliphatic carbocycles. The average molecular weight is 418 g/mol. The molecule has 0 aliphatic rings. The Morgan fingerprint density at radius 1 is 0.966 bits per heavy atom. The highest BCUT2D eigenvalue weighted by molar-refractivity contribution is 5.92. The van der Waals surface area contributed by atoms with Gasteiger partial charge in [-0.15, -0.1) is 0 Å². The highest BCUT2D eigenvalue weighted by Gasteiger charge is 2.30. The van der Waals surface area contributed by atoms with Gasteiger partial charge in [0.25, 0.3) is 0 Å². The van der Waals surface area contributed by atoms with Gasteiger partial charge in [-0.2, -0.15) is 0 Å². The molecule has 4 atom stereocenters. The Hall–Kier alpha value is -2.73. The smallest absolute Gasteiger partial charge is 0.326 e. The summed E-state index contributed by atoms with van der Waals surface area (Å²) in [5.41, 5.74) is 5.69. The number of carboxylic acid groups (broad SMARTS) is 2. The van der Waals surface area contributed by atoms with E-state index < -0.39 is 66.9 Å². The molecule has 12 heteroatoms. The van der Waals surface area contributed by atoms with E-state index >= 15 is 0 Å². The van der Waals surface area contributed by atoms with E-state index in [1.807, 2.05) is 13.8 Å². The number of aliphatic hydroxyl groups is 1. The van der Waals surface area contributed by atoms with Crippen LogP contribution < -0.4 is 21.7 Å². The molecule has 0 saturated heterocycles. The first-order valence-corrected chi connectivity index (χ1v) is 9.10. The summed E-state index contributed by atoms with van der Waals surface area (Å²) in [6.07, 6.45) is -1.84. The third-order valence-corrected chi connectivity index (χ3v) is 3.83. The van der Waals surface area contributed by atoms with Crippen LogP contribution in [-0.4, -0.2) is 75.8 Å². The first-order chi connectivity index (χ1) is 13.3. The summed E-state index contributed by atoms with van der Waals surface area (Å²) in [6.45, 7) is 4.47. The molecule has 166 valence electrons. The second-order valence-electron chi connectivity index (χ2n) is 7.07. The van der Waals surface area contributed by atoms with E-state index in [0.29, 0.717) is 6.42 Å². The normalized spacial score (nSPS) is 15.0. The van der Waals surface area contributed by atoms with Crippen LogP contribution in [0, 0.1) is 5.92 Å². The fourth-order valence-corrected chi connectivity index (χ4v) is 2.33. The Bertz CT molecular complexity index is 608. The van der Waals surface area contributed by atoms with Crippen LogP contribution in [0.3, 0.4) is 0 Å². The number of carbonyl (C=O) groups excluding carboxylic acids is 3. The second kappa shape index (κ2) is 12.7. The van der Waals surface area contributed by atoms with E-state index in [0.717, 1.165) is 0 Å². The van der Waals surface area contributed by atoms with Crippen LogP contribution in [0.25, 0.3) is 0 Å². The summed E-state index contributed by atoms with van der Waals surface area (Å²) in [7, 11) is 0. The summed E-state index contributed by atoms with van der Waals surface area (Å²) in [5, 5.41) is 34.0. The molecule has 0 aromatic rings. The molecule has 0 aromatic heterocycles. The number of nitrogens with two attached hydrogens (primary N) is 1. The SMILES string of the molecule is CC(C)CC(N)C(=O)NCC(=O)NC(C(=O)NC(CCC(=O)O)C(=O)O)C(C)O. The molecule has 0 heterocycles. The number of carbonyl (C=O) groups is 5. The van der Waals surface area contributed by atoms with Gasteiger partial charge in [0, 0.05) is 6.42 Å². The van der Waals surface area contributed by atoms with Gasteiger partial charge in [0.15, 0.2) is 0 Å². The van der Waals surface area contributed by atoms with E-state index in [9.17, 15) is 29.1 Å². The van der Waals surface area contributed by atoms with Crippen molar-refractivity contribution in [2.75, 3.05) is 6.54 Å². The minimum atomic E-state index is -1.51. The summed E-state index contributed by atoms with van der Waals surface area (Å²) in [5.74, 6) is -4.87. The molecule has 0 radical (unpaired) electrons. The Labute approximate surface area is 168 Å². The lowest BCUT2D eigenvalue weighted by Gasteiger charge is -2.23. The fourth-order valence-electron chi connectivity index (χ4n) is 2.33. The Kier molecular flexibility index (Phi) is 11.5. The lowest BCUT2D eigenvalue weighted by atomic mass is 10.0. The minimum absolute atomic E-state index is 0.177. The number of nitrogens with one attached hydrogen (secondary N) is 3. The molecule has 0 aliphatic heterocycles. The number of hydrogen-bond donors (Lipinski definition) is 7. The van der Waals surface area contributed by atoms with Gasteiger partial charge in [-0.05, 0) is 25.7 Å². The van der Waals surface area contributed by atoms with E-state index in [4.69, 9.17) is 15.9 Å². The summed E-state index contributed by atoms with van der Waals surface area (Å²) >= 11 is 0. The third kappa shape index (κ3) is 11.0. The predicted octanol–water partition coefficient (Wildman–Crippen LogP) is -2.22. The van der Waals surface area contributed by atoms with Crippen LogP contribution in [0.1, 0.15) is 40.0 Å². The van der Waals surface area contributed by atoms with Crippen molar-refractivity contribution in [3.63, 3.8) is 0 Å². The fraction of sp³-hybridized carbons (Fsp3) is 0.706. The van der Waals surface area contributed by atoms with Crippen LogP contribution in [0.5, 0.6) is 0 Å². The van der Waals surface area contributed by atoms with Crippen molar-refractivity contribution in [2.24, 2.45) is 11.7 Å². The molecule has 3 amide bonds. The molecule has 8 N–H and O–H groups in total. The van der Waals surface area contributed by atoms with E-state index in [1.54, 1.807) is 0 Å². The Balaban J connectivity index is 4.81. The lowest BCUT2D eigenvalue weighted by Crippen LogP contribution is -2.57. The summed E-state index contributed by atoms with van der Waals surface area (Å²) in [6, 6.07) is -3.81. The van der Waals surface area contributed by atoms with E-state index in [2.05, 4.69) is 16.0 Å². The molecule has 0 aromatic carbocycles. The molecule has 0 fully saturated rings. The number of carboxylic acids is 2. The van der Waals surface area contributed by atoms with Crippen molar-refractivity contribution in [1.82, 2.24) is 16.0 Å². The number of amides is 3. The zero-order valence-corrected chi connectivity index (χ0v) is 16.7. The first kappa shape index (κ1) is 26.3. The molecule has 0 bridgehead atoms. The van der Waals surface area contributed by atoms with Crippen molar-refractivity contribution in [3.8, 4) is 0 Å². The predicted molar refractivity (Wildman–Crippen MR) is 100 cm³/mol. The van der Waals surface area contributed by atoms with Gasteiger partial charge in [-0.3, -0.25) is 19.2 Å². The molecule has 0 spiro atoms. The molecule has 4 unspecified atom stereocenters. The molecule has 12 nitrogen and oxygen atoms in total. The molecule has 0 rings (SSSR count). The monoisotopic (exact) mass is 418 g/mol. The second-order valence-corrected chi connectivity index (χ2v) is 7.07. The van der Waals surface area contributed by atoms with Gasteiger partial charge in [0.2, 0.25) is 17.7 Å². The van der Waals surface area contributed by atoms with Gasteiger partial charge in [-0.25, -0.2) is 4.79 Å². The Morgan fingerprint density at radius 3 is 2.00 bits per heavy atom. The van der Waals surface area contributed by atoms with Crippen molar-refractivity contribution in [1.29, 1.82) is 0 Å². The van der Waals surface area contributed by atoms with Crippen molar-refractivity contribution in [2.45, 2.75) is 64.3 Å². The number of aliphatic hydroxyl groups excluding tert-OH is 1. The zero-order chi connectivity index (χ0) is 22.7. The maximum absolute atomic E-state index is 12.2. The minimum Gasteiger partial charge on any atom is -0.481 e. The number of hydrogen-bond acceptors (Lipinski definition) is 7. The first-order valence-electron chi connectivity index (χ1n) is 9.10. The topological polar surface area (TPSA) is 208 Å². The van der Waals surface area contributed by atoms with E-state index in [1.165, 1.54) is 6.92 Å². The standard InChI is InChI=1S/C17H30N4O8/c1-8(2)6-10(18)15(26)19-7-12(23)21-14(9(3)22)16(27)20-11(17(28)29)4-5-13(24)25/h8-11,14,22H,4-7,18H2,1-3H3,(H,19,26)(H,20,27)(H,21,23)(H,24,25)(H,28,29). The van der Waals surface area contributed by atoms with Crippen LogP contribution >= 0.6 is 0 Å². The molecule has 0 saturated carbocycles. The van der Waals surface area contributed by atoms with Crippen LogP contribution in [-0.2, 0) is 24.0 Å². The van der Waals surface area contributed by atoms with Gasteiger partial charge in [0.1, 0.15) is 12.1 Å². The molecular weight excluding hydrogens is 388 g/mol. The van der Waals surface area contributed by atoms with Gasteiger partial charge in [-0.1, -0.05) is 13.8 Å². The van der Waals surface area contributed by atoms with Gasteiger partial charge >= 0.3 is 11.9 Å². The summed E-state index contributed by atoms with van der Waals surface area (Å²) in [4.78, 5) is 57.8. The van der Waals surface area contributed by atoms with E-state index in [-0.39, 0.29) is 12.3 Å². The average Bonchev–Trinajstić information content (AvgIpc) is 2.59. The lowest BCUT2D eigenvalue weighted by molar-refractivity contribution is -0.144. The van der Waals surface area contributed by atoms with Crippen LogP contribution in [0.2, 0.25) is 0 Å². The molecular formula is C17H30N4O8. The quantitative estimate of drug-likeness (QED) is 0.172. The third-order valence-electron chi connectivity index (χ3n) is 3.83. The molecule has 29 heavy (non-hydrogen) atoms. The van der Waals surface area contributed by atoms with Crippen molar-refractivity contribution < 1.29 is 39.3 Å². The highest BCUT2D eigenvalue weighted by atomic mass is 16.4. The van der Waals surface area contributed by atoms with Gasteiger partial charge in [0.05, 0.1) is 18.7 Å². The maximum atomic E-state index is 12.2. The maximum Gasteiger partial charge on any atom is 0.326 e. The van der Waals surface area contributed by atoms with Crippen molar-refractivity contribution >= 4 is 29.7 Å². The zero-order valence-electron chi connectivity index (χ0n) is 16.7. The Morgan fingerprint density at radius 2 is 1.55 bits per heavy atom. The largest absolute Gasteiger partial charge is 0.481 e. The van der Waals surface area contributed by atoms with Crippen molar-refractivity contribution in [3.05, 3.63) is 0 Å². The summed E-state index contributed by atoms with van der Waals surface area (Å²) < 4.78 is 0. The number of rotatable bonds is 13. The highest BCUT2D eigenvalue weighted by Crippen LogP contribution is 2.03. The van der Waals surface area contributed by atoms with Crippen LogP contribution in [0.15, 0.2) is 0 Å². The van der Waals surface area contributed by atoms with Crippen LogP contribution in [0.4, 0.5) is 0 Å². The number of aliphatic carboxylic acids is 2.